The maximum absolute atomic E-state index is 11.6. The number of carbonyl (C=O) groups is 1. The number of nitrogens with zero attached hydrogens (tertiary/aromatic N) is 3. The van der Waals surface area contributed by atoms with E-state index in [1.165, 1.54) is 26.4 Å². The smallest absolute Gasteiger partial charge is 0.337 e. The zero-order valence-electron chi connectivity index (χ0n) is 13.6. The molecule has 2 aromatic carbocycles. The summed E-state index contributed by atoms with van der Waals surface area (Å²) in [5, 5.41) is 16.1. The van der Waals surface area contributed by atoms with Crippen LogP contribution >= 0.6 is 0 Å². The van der Waals surface area contributed by atoms with Gasteiger partial charge in [0.15, 0.2) is 0 Å². The van der Waals surface area contributed by atoms with E-state index < -0.39 is 10.9 Å². The molecule has 0 amide bonds. The van der Waals surface area contributed by atoms with Gasteiger partial charge in [0.2, 0.25) is 0 Å². The number of aromatic nitrogens is 2. The first-order valence-corrected chi connectivity index (χ1v) is 7.38. The summed E-state index contributed by atoms with van der Waals surface area (Å²) in [4.78, 5) is 22.2. The molecule has 0 fully saturated rings. The Morgan fingerprint density at radius 3 is 2.72 bits per heavy atom. The van der Waals surface area contributed by atoms with Gasteiger partial charge in [-0.15, -0.1) is 0 Å². The Labute approximate surface area is 142 Å². The minimum Gasteiger partial charge on any atom is -0.496 e. The van der Waals surface area contributed by atoms with Crippen molar-refractivity contribution < 1.29 is 19.2 Å². The molecular weight excluding hydrogens is 326 g/mol. The van der Waals surface area contributed by atoms with Crippen molar-refractivity contribution in [3.63, 3.8) is 0 Å². The molecule has 0 spiro atoms. The van der Waals surface area contributed by atoms with E-state index in [0.29, 0.717) is 23.4 Å². The number of carbonyl (C=O) groups excluding carboxylic acids is 1. The normalized spacial score (nSPS) is 10.6. The molecule has 0 radical (unpaired) electrons. The molecule has 3 aromatic rings. The fraction of sp³-hybridized carbons (Fsp3) is 0.176. The number of ether oxygens (including phenoxy) is 2. The van der Waals surface area contributed by atoms with Gasteiger partial charge in [-0.2, -0.15) is 5.10 Å². The molecule has 25 heavy (non-hydrogen) atoms. The van der Waals surface area contributed by atoms with Crippen LogP contribution in [-0.4, -0.2) is 34.9 Å². The number of hydrogen-bond donors (Lipinski definition) is 0. The Balaban J connectivity index is 1.99. The van der Waals surface area contributed by atoms with Gasteiger partial charge >= 0.3 is 5.97 Å². The summed E-state index contributed by atoms with van der Waals surface area (Å²) in [6.45, 7) is 0.343. The van der Waals surface area contributed by atoms with Crippen molar-refractivity contribution in [2.45, 2.75) is 6.54 Å². The first kappa shape index (κ1) is 16.4. The highest BCUT2D eigenvalue weighted by atomic mass is 16.6. The molecule has 1 heterocycles. The van der Waals surface area contributed by atoms with Crippen LogP contribution in [0.2, 0.25) is 0 Å². The van der Waals surface area contributed by atoms with Crippen LogP contribution < -0.4 is 4.74 Å². The fourth-order valence-corrected chi connectivity index (χ4v) is 2.58. The standard InChI is InChI=1S/C17H15N3O5/c1-24-16-7-11(17(21)25-2)3-4-13(16)10-19-15-8-14(20(22)23)6-5-12(15)9-18-19/h3-9H,10H2,1-2H3. The van der Waals surface area contributed by atoms with Crippen molar-refractivity contribution in [3.05, 3.63) is 63.8 Å². The first-order chi connectivity index (χ1) is 12.0. The van der Waals surface area contributed by atoms with Gasteiger partial charge in [0.05, 0.1) is 43.0 Å². The highest BCUT2D eigenvalue weighted by Crippen LogP contribution is 2.25. The number of rotatable bonds is 5. The maximum atomic E-state index is 11.6. The van der Waals surface area contributed by atoms with Crippen molar-refractivity contribution >= 4 is 22.6 Å². The lowest BCUT2D eigenvalue weighted by atomic mass is 10.1. The van der Waals surface area contributed by atoms with Gasteiger partial charge in [-0.3, -0.25) is 14.8 Å². The third kappa shape index (κ3) is 3.14. The average Bonchev–Trinajstić information content (AvgIpc) is 3.03. The summed E-state index contributed by atoms with van der Waals surface area (Å²) in [5.74, 6) is 0.0574. The van der Waals surface area contributed by atoms with Gasteiger partial charge in [-0.25, -0.2) is 4.79 Å². The van der Waals surface area contributed by atoms with Gasteiger partial charge in [0.1, 0.15) is 5.75 Å². The summed E-state index contributed by atoms with van der Waals surface area (Å²) < 4.78 is 11.7. The molecule has 0 saturated heterocycles. The van der Waals surface area contributed by atoms with Crippen molar-refractivity contribution in [1.29, 1.82) is 0 Å². The van der Waals surface area contributed by atoms with E-state index in [0.717, 1.165) is 10.9 Å². The third-order valence-corrected chi connectivity index (χ3v) is 3.87. The molecule has 1 aromatic heterocycles. The third-order valence-electron chi connectivity index (χ3n) is 3.87. The number of benzene rings is 2. The molecule has 0 aliphatic rings. The predicted octanol–water partition coefficient (Wildman–Crippen LogP) is 2.79. The van der Waals surface area contributed by atoms with Crippen LogP contribution in [0.3, 0.4) is 0 Å². The van der Waals surface area contributed by atoms with Crippen LogP contribution in [0.5, 0.6) is 5.75 Å². The number of non-ortho nitro benzene ring substituents is 1. The van der Waals surface area contributed by atoms with Crippen LogP contribution in [0.4, 0.5) is 5.69 Å². The van der Waals surface area contributed by atoms with Crippen molar-refractivity contribution in [1.82, 2.24) is 9.78 Å². The van der Waals surface area contributed by atoms with E-state index >= 15 is 0 Å². The fourth-order valence-electron chi connectivity index (χ4n) is 2.58. The zero-order valence-corrected chi connectivity index (χ0v) is 13.6. The number of nitro benzene ring substituents is 1. The lowest BCUT2D eigenvalue weighted by Gasteiger charge is -2.11. The highest BCUT2D eigenvalue weighted by Gasteiger charge is 2.14. The molecule has 128 valence electrons. The van der Waals surface area contributed by atoms with Gasteiger partial charge in [0, 0.05) is 23.1 Å². The second kappa shape index (κ2) is 6.60. The molecular formula is C17H15N3O5. The Hall–Kier alpha value is -3.42. The quantitative estimate of drug-likeness (QED) is 0.402. The average molecular weight is 341 g/mol. The number of methoxy groups -OCH3 is 2. The summed E-state index contributed by atoms with van der Waals surface area (Å²) >= 11 is 0. The van der Waals surface area contributed by atoms with E-state index in [2.05, 4.69) is 5.10 Å². The van der Waals surface area contributed by atoms with E-state index in [1.807, 2.05) is 0 Å². The molecule has 8 heteroatoms. The largest absolute Gasteiger partial charge is 0.496 e. The maximum Gasteiger partial charge on any atom is 0.337 e. The monoisotopic (exact) mass is 341 g/mol. The summed E-state index contributed by atoms with van der Waals surface area (Å²) in [5.41, 5.74) is 1.81. The lowest BCUT2D eigenvalue weighted by molar-refractivity contribution is -0.384. The SMILES string of the molecule is COC(=O)c1ccc(Cn2ncc3ccc([N+](=O)[O-])cc32)c(OC)c1. The van der Waals surface area contributed by atoms with Crippen molar-refractivity contribution in [2.24, 2.45) is 0 Å². The number of nitro groups is 1. The molecule has 3 rings (SSSR count). The van der Waals surface area contributed by atoms with E-state index in [9.17, 15) is 14.9 Å². The number of fused-ring (bicyclic) bond motifs is 1. The molecule has 8 nitrogen and oxygen atoms in total. The second-order valence-electron chi connectivity index (χ2n) is 5.32. The molecule has 0 aliphatic heterocycles. The van der Waals surface area contributed by atoms with Gasteiger partial charge in [-0.05, 0) is 18.2 Å². The lowest BCUT2D eigenvalue weighted by Crippen LogP contribution is -2.06. The van der Waals surface area contributed by atoms with Crippen LogP contribution in [0.15, 0.2) is 42.6 Å². The predicted molar refractivity (Wildman–Crippen MR) is 89.8 cm³/mol. The Morgan fingerprint density at radius 2 is 2.04 bits per heavy atom. The number of hydrogen-bond acceptors (Lipinski definition) is 6. The molecule has 0 N–H and O–H groups in total. The zero-order chi connectivity index (χ0) is 18.0. The molecule has 0 saturated carbocycles. The minimum absolute atomic E-state index is 0.00209. The van der Waals surface area contributed by atoms with Crippen LogP contribution in [0, 0.1) is 10.1 Å². The van der Waals surface area contributed by atoms with E-state index in [4.69, 9.17) is 9.47 Å². The van der Waals surface area contributed by atoms with Crippen molar-refractivity contribution in [3.8, 4) is 5.75 Å². The van der Waals surface area contributed by atoms with E-state index in [1.54, 1.807) is 35.1 Å². The van der Waals surface area contributed by atoms with Gasteiger partial charge < -0.3 is 9.47 Å². The topological polar surface area (TPSA) is 96.5 Å². The van der Waals surface area contributed by atoms with Gasteiger partial charge in [-0.1, -0.05) is 6.07 Å². The Kier molecular flexibility index (Phi) is 4.34. The van der Waals surface area contributed by atoms with Crippen LogP contribution in [0.25, 0.3) is 10.9 Å². The Morgan fingerprint density at radius 1 is 1.24 bits per heavy atom. The first-order valence-electron chi connectivity index (χ1n) is 7.38. The highest BCUT2D eigenvalue weighted by molar-refractivity contribution is 5.90. The van der Waals surface area contributed by atoms with Crippen LogP contribution in [-0.2, 0) is 11.3 Å². The molecule has 0 unspecified atom stereocenters. The summed E-state index contributed by atoms with van der Waals surface area (Å²) in [6, 6.07) is 9.56. The summed E-state index contributed by atoms with van der Waals surface area (Å²) in [6.07, 6.45) is 1.65. The number of esters is 1. The van der Waals surface area contributed by atoms with Crippen molar-refractivity contribution in [2.75, 3.05) is 14.2 Å². The van der Waals surface area contributed by atoms with E-state index in [-0.39, 0.29) is 5.69 Å². The van der Waals surface area contributed by atoms with Crippen LogP contribution in [0.1, 0.15) is 15.9 Å². The summed E-state index contributed by atoms with van der Waals surface area (Å²) in [7, 11) is 2.82. The Bertz CT molecular complexity index is 964. The molecule has 0 aliphatic carbocycles. The molecule has 0 atom stereocenters. The molecule has 0 bridgehead atoms. The van der Waals surface area contributed by atoms with Gasteiger partial charge in [0.25, 0.3) is 5.69 Å². The minimum atomic E-state index is -0.454. The second-order valence-corrected chi connectivity index (χ2v) is 5.32.